The van der Waals surface area contributed by atoms with Crippen LogP contribution in [0.1, 0.15) is 19.7 Å². The van der Waals surface area contributed by atoms with Crippen LogP contribution in [0, 0.1) is 0 Å². The minimum atomic E-state index is -0.581. The molecule has 8 heteroatoms. The molecule has 1 aromatic heterocycles. The molecule has 1 saturated heterocycles. The first kappa shape index (κ1) is 16.5. The van der Waals surface area contributed by atoms with E-state index in [1.807, 2.05) is 13.8 Å². The van der Waals surface area contributed by atoms with Crippen LogP contribution in [0.3, 0.4) is 0 Å². The second-order valence-corrected chi connectivity index (χ2v) is 7.74. The Labute approximate surface area is 142 Å². The molecule has 1 aliphatic heterocycles. The van der Waals surface area contributed by atoms with Crippen molar-refractivity contribution < 1.29 is 9.59 Å². The summed E-state index contributed by atoms with van der Waals surface area (Å²) in [7, 11) is 0. The maximum Gasteiger partial charge on any atom is 0.258 e. The molecule has 1 atom stereocenters. The zero-order valence-corrected chi connectivity index (χ0v) is 14.2. The van der Waals surface area contributed by atoms with E-state index in [-0.39, 0.29) is 23.9 Å². The van der Waals surface area contributed by atoms with Crippen molar-refractivity contribution in [3.05, 3.63) is 40.4 Å². The minimum Gasteiger partial charge on any atom is -0.347 e. The van der Waals surface area contributed by atoms with Gasteiger partial charge in [0, 0.05) is 5.75 Å². The number of carbonyl (C=O) groups excluding carboxylic acids is 2. The number of rotatable bonds is 3. The monoisotopic (exact) mass is 346 g/mol. The van der Waals surface area contributed by atoms with Gasteiger partial charge in [0.2, 0.25) is 11.8 Å². The Bertz CT molecular complexity index is 862. The number of H-pyrrole nitrogens is 1. The summed E-state index contributed by atoms with van der Waals surface area (Å²) < 4.78 is -0.526. The number of hydrogen-bond donors (Lipinski definition) is 3. The number of para-hydroxylation sites is 1. The highest BCUT2D eigenvalue weighted by molar-refractivity contribution is 8.01. The van der Waals surface area contributed by atoms with Gasteiger partial charge in [0.15, 0.2) is 0 Å². The Morgan fingerprint density at radius 1 is 1.38 bits per heavy atom. The molecule has 0 radical (unpaired) electrons. The summed E-state index contributed by atoms with van der Waals surface area (Å²) in [6, 6.07) is 6.43. The van der Waals surface area contributed by atoms with E-state index in [0.717, 1.165) is 0 Å². The standard InChI is InChI=1S/C16H18N4O3S/c1-16(2)15(23)19-11(8-24-16)14(22)17-7-12-18-10-6-4-3-5-9(10)13(21)20-12/h3-6,11H,7-8H2,1-2H3,(H,17,22)(H,19,23)(H,18,20,21)/t11-/m0/s1. The average molecular weight is 346 g/mol. The van der Waals surface area contributed by atoms with Crippen molar-refractivity contribution in [2.45, 2.75) is 31.2 Å². The van der Waals surface area contributed by atoms with Gasteiger partial charge in [0.25, 0.3) is 5.56 Å². The lowest BCUT2D eigenvalue weighted by Gasteiger charge is -2.32. The third-order valence-corrected chi connectivity index (χ3v) is 5.28. The zero-order valence-electron chi connectivity index (χ0n) is 13.4. The highest BCUT2D eigenvalue weighted by Gasteiger charge is 2.37. The normalized spacial score (nSPS) is 19.8. The highest BCUT2D eigenvalue weighted by Crippen LogP contribution is 2.28. The molecule has 0 saturated carbocycles. The van der Waals surface area contributed by atoms with Gasteiger partial charge in [0.05, 0.1) is 22.2 Å². The van der Waals surface area contributed by atoms with Crippen molar-refractivity contribution in [2.24, 2.45) is 0 Å². The number of hydrogen-bond acceptors (Lipinski definition) is 5. The van der Waals surface area contributed by atoms with Crippen LogP contribution in [0.4, 0.5) is 0 Å². The Hall–Kier alpha value is -2.35. The predicted octanol–water partition coefficient (Wildman–Crippen LogP) is 0.549. The molecule has 24 heavy (non-hydrogen) atoms. The number of aromatic nitrogens is 2. The van der Waals surface area contributed by atoms with Crippen LogP contribution >= 0.6 is 11.8 Å². The number of aromatic amines is 1. The Morgan fingerprint density at radius 3 is 2.88 bits per heavy atom. The van der Waals surface area contributed by atoms with Crippen molar-refractivity contribution in [2.75, 3.05) is 5.75 Å². The number of benzene rings is 1. The first-order valence-corrected chi connectivity index (χ1v) is 8.56. The largest absolute Gasteiger partial charge is 0.347 e. The van der Waals surface area contributed by atoms with Crippen LogP contribution in [0.2, 0.25) is 0 Å². The van der Waals surface area contributed by atoms with Crippen LogP contribution < -0.4 is 16.2 Å². The Balaban J connectivity index is 1.67. The van der Waals surface area contributed by atoms with E-state index >= 15 is 0 Å². The van der Waals surface area contributed by atoms with Crippen LogP contribution in [0.5, 0.6) is 0 Å². The number of fused-ring (bicyclic) bond motifs is 1. The van der Waals surface area contributed by atoms with Crippen LogP contribution in [-0.2, 0) is 16.1 Å². The van der Waals surface area contributed by atoms with Crippen LogP contribution in [0.15, 0.2) is 29.1 Å². The molecule has 0 aliphatic carbocycles. The second kappa shape index (κ2) is 6.27. The van der Waals surface area contributed by atoms with E-state index in [9.17, 15) is 14.4 Å². The SMILES string of the molecule is CC1(C)SC[C@@H](C(=O)NCc2nc3ccccc3c(=O)[nH]2)NC1=O. The van der Waals surface area contributed by atoms with E-state index < -0.39 is 10.8 Å². The number of nitrogens with zero attached hydrogens (tertiary/aromatic N) is 1. The van der Waals surface area contributed by atoms with Gasteiger partial charge in [-0.3, -0.25) is 14.4 Å². The Morgan fingerprint density at radius 2 is 2.12 bits per heavy atom. The molecular weight excluding hydrogens is 328 g/mol. The second-order valence-electron chi connectivity index (χ2n) is 6.09. The molecule has 1 aliphatic rings. The third kappa shape index (κ3) is 3.28. The quantitative estimate of drug-likeness (QED) is 0.753. The maximum absolute atomic E-state index is 12.2. The van der Waals surface area contributed by atoms with Crippen molar-refractivity contribution in [3.63, 3.8) is 0 Å². The molecule has 3 N–H and O–H groups in total. The molecule has 2 aromatic rings. The molecule has 0 unspecified atom stereocenters. The molecule has 0 bridgehead atoms. The summed E-state index contributed by atoms with van der Waals surface area (Å²) in [6.07, 6.45) is 0. The maximum atomic E-state index is 12.2. The number of amides is 2. The smallest absolute Gasteiger partial charge is 0.258 e. The fraction of sp³-hybridized carbons (Fsp3) is 0.375. The number of thioether (sulfide) groups is 1. The summed E-state index contributed by atoms with van der Waals surface area (Å²) in [5.41, 5.74) is 0.335. The first-order chi connectivity index (χ1) is 11.4. The lowest BCUT2D eigenvalue weighted by atomic mass is 10.1. The number of carbonyl (C=O) groups is 2. The van der Waals surface area contributed by atoms with Crippen molar-refractivity contribution >= 4 is 34.5 Å². The average Bonchev–Trinajstić information content (AvgIpc) is 2.55. The van der Waals surface area contributed by atoms with E-state index in [4.69, 9.17) is 0 Å². The van der Waals surface area contributed by atoms with Crippen LogP contribution in [0.25, 0.3) is 10.9 Å². The fourth-order valence-electron chi connectivity index (χ4n) is 2.38. The molecule has 0 spiro atoms. The molecule has 2 amide bonds. The predicted molar refractivity (Wildman–Crippen MR) is 92.7 cm³/mol. The topological polar surface area (TPSA) is 104 Å². The molecule has 1 fully saturated rings. The summed E-state index contributed by atoms with van der Waals surface area (Å²) >= 11 is 1.44. The zero-order chi connectivity index (χ0) is 17.3. The summed E-state index contributed by atoms with van der Waals surface area (Å²) in [5, 5.41) is 5.93. The molecule has 1 aromatic carbocycles. The number of nitrogens with one attached hydrogen (secondary N) is 3. The molecule has 2 heterocycles. The summed E-state index contributed by atoms with van der Waals surface area (Å²) in [4.78, 5) is 43.1. The van der Waals surface area contributed by atoms with Crippen molar-refractivity contribution in [1.82, 2.24) is 20.6 Å². The summed E-state index contributed by atoms with van der Waals surface area (Å²) in [5.74, 6) is 0.437. The molecule has 7 nitrogen and oxygen atoms in total. The molecule has 3 rings (SSSR count). The van der Waals surface area contributed by atoms with E-state index in [1.54, 1.807) is 24.3 Å². The molecular formula is C16H18N4O3S. The van der Waals surface area contributed by atoms with E-state index in [1.165, 1.54) is 11.8 Å². The van der Waals surface area contributed by atoms with Gasteiger partial charge < -0.3 is 15.6 Å². The van der Waals surface area contributed by atoms with Gasteiger partial charge in [-0.25, -0.2) is 4.98 Å². The van der Waals surface area contributed by atoms with E-state index in [2.05, 4.69) is 20.6 Å². The van der Waals surface area contributed by atoms with Gasteiger partial charge >= 0.3 is 0 Å². The summed E-state index contributed by atoms with van der Waals surface area (Å²) in [6.45, 7) is 3.75. The van der Waals surface area contributed by atoms with Crippen molar-refractivity contribution in [1.29, 1.82) is 0 Å². The first-order valence-electron chi connectivity index (χ1n) is 7.57. The Kier molecular flexibility index (Phi) is 4.31. The van der Waals surface area contributed by atoms with Gasteiger partial charge in [-0.2, -0.15) is 0 Å². The fourth-order valence-corrected chi connectivity index (χ4v) is 3.39. The third-order valence-electron chi connectivity index (χ3n) is 3.87. The van der Waals surface area contributed by atoms with Gasteiger partial charge in [-0.05, 0) is 26.0 Å². The highest BCUT2D eigenvalue weighted by atomic mass is 32.2. The minimum absolute atomic E-state index is 0.0966. The van der Waals surface area contributed by atoms with Crippen molar-refractivity contribution in [3.8, 4) is 0 Å². The van der Waals surface area contributed by atoms with E-state index in [0.29, 0.717) is 22.5 Å². The van der Waals surface area contributed by atoms with Crippen LogP contribution in [-0.4, -0.2) is 38.3 Å². The van der Waals surface area contributed by atoms with Gasteiger partial charge in [-0.1, -0.05) is 12.1 Å². The van der Waals surface area contributed by atoms with Gasteiger partial charge in [0.1, 0.15) is 11.9 Å². The lowest BCUT2D eigenvalue weighted by Crippen LogP contribution is -2.57. The lowest BCUT2D eigenvalue weighted by molar-refractivity contribution is -0.129. The molecule has 126 valence electrons. The van der Waals surface area contributed by atoms with Gasteiger partial charge in [-0.15, -0.1) is 11.8 Å².